The number of benzene rings is 2. The monoisotopic (exact) mass is 437 g/mol. The molecule has 10 heteroatoms. The fourth-order valence-corrected chi connectivity index (χ4v) is 5.40. The summed E-state index contributed by atoms with van der Waals surface area (Å²) in [4.78, 5) is 16.6. The lowest BCUT2D eigenvalue weighted by molar-refractivity contribution is -0.132. The molecule has 0 radical (unpaired) electrons. The molecule has 1 aliphatic rings. The van der Waals surface area contributed by atoms with Crippen molar-refractivity contribution in [1.82, 2.24) is 14.2 Å². The van der Waals surface area contributed by atoms with Crippen molar-refractivity contribution >= 4 is 38.4 Å². The number of nitrogens with zero attached hydrogens (tertiary/aromatic N) is 2. The number of hydrogen-bond acceptors (Lipinski definition) is 4. The molecule has 2 aromatic carbocycles. The maximum absolute atomic E-state index is 13.7. The third-order valence-electron chi connectivity index (χ3n) is 5.08. The van der Waals surface area contributed by atoms with E-state index in [9.17, 15) is 22.7 Å². The summed E-state index contributed by atoms with van der Waals surface area (Å²) in [6.45, 7) is 0. The quantitative estimate of drug-likeness (QED) is 0.655. The summed E-state index contributed by atoms with van der Waals surface area (Å²) in [6.07, 6.45) is -0.0980. The summed E-state index contributed by atoms with van der Waals surface area (Å²) in [7, 11) is -2.81. The molecule has 1 saturated heterocycles. The van der Waals surface area contributed by atoms with Crippen LogP contribution in [0.15, 0.2) is 53.6 Å². The van der Waals surface area contributed by atoms with Gasteiger partial charge in [0.25, 0.3) is 0 Å². The molecular weight excluding hydrogens is 421 g/mol. The number of nitrogens with one attached hydrogen (secondary N) is 1. The van der Waals surface area contributed by atoms with E-state index in [2.05, 4.69) is 4.98 Å². The van der Waals surface area contributed by atoms with Gasteiger partial charge in [0, 0.05) is 25.1 Å². The third-order valence-corrected chi connectivity index (χ3v) is 7.31. The first-order chi connectivity index (χ1) is 13.7. The van der Waals surface area contributed by atoms with E-state index in [-0.39, 0.29) is 16.3 Å². The topological polar surface area (TPSA) is 93.7 Å². The Morgan fingerprint density at radius 1 is 1.21 bits per heavy atom. The summed E-state index contributed by atoms with van der Waals surface area (Å²) in [5.41, 5.74) is 0.939. The number of aromatic amines is 1. The van der Waals surface area contributed by atoms with Crippen LogP contribution in [0.25, 0.3) is 10.9 Å². The van der Waals surface area contributed by atoms with Gasteiger partial charge in [-0.15, -0.1) is 4.31 Å². The Labute approximate surface area is 171 Å². The first-order valence-electron chi connectivity index (χ1n) is 8.70. The predicted molar refractivity (Wildman–Crippen MR) is 105 cm³/mol. The van der Waals surface area contributed by atoms with Gasteiger partial charge in [0.05, 0.1) is 10.4 Å². The van der Waals surface area contributed by atoms with Gasteiger partial charge in [-0.2, -0.15) is 0 Å². The van der Waals surface area contributed by atoms with Crippen LogP contribution in [0.5, 0.6) is 0 Å². The standard InChI is InChI=1S/C19H17ClFN3O4S/c1-23-18(25)15(9-11-10-22-17-13(11)7-8-14(21)16(17)20)24(19(23)26)29(27,28)12-5-3-2-4-6-12/h2-8,10,15,19,22,26H,9H2,1H3/t15-,19?/m1/s1. The number of hydrogen-bond donors (Lipinski definition) is 2. The highest BCUT2D eigenvalue weighted by Crippen LogP contribution is 2.33. The first kappa shape index (κ1) is 19.8. The number of halogens is 2. The highest BCUT2D eigenvalue weighted by atomic mass is 35.5. The zero-order chi connectivity index (χ0) is 20.9. The molecule has 0 aliphatic carbocycles. The minimum Gasteiger partial charge on any atom is -0.360 e. The molecule has 0 bridgehead atoms. The number of carbonyl (C=O) groups is 1. The minimum atomic E-state index is -4.15. The second kappa shape index (κ2) is 7.10. The fraction of sp³-hybridized carbons (Fsp3) is 0.211. The number of sulfonamides is 1. The van der Waals surface area contributed by atoms with Crippen LogP contribution in [0.4, 0.5) is 4.39 Å². The normalized spacial score (nSPS) is 20.7. The predicted octanol–water partition coefficient (Wildman–Crippen LogP) is 2.31. The van der Waals surface area contributed by atoms with Crippen LogP contribution in [0.3, 0.4) is 0 Å². The van der Waals surface area contributed by atoms with Gasteiger partial charge in [0.1, 0.15) is 16.9 Å². The molecule has 2 heterocycles. The number of aliphatic hydroxyl groups excluding tert-OH is 1. The van der Waals surface area contributed by atoms with E-state index in [4.69, 9.17) is 11.6 Å². The third kappa shape index (κ3) is 3.10. The molecule has 3 aromatic rings. The Bertz CT molecular complexity index is 1200. The van der Waals surface area contributed by atoms with Crippen molar-refractivity contribution in [3.05, 3.63) is 65.1 Å². The molecule has 1 aromatic heterocycles. The molecular formula is C19H17ClFN3O4S. The number of likely N-dealkylation sites (N-methyl/N-ethyl adjacent to an activating group) is 1. The second-order valence-corrected chi connectivity index (χ2v) is 8.98. The van der Waals surface area contributed by atoms with Gasteiger partial charge in [0.2, 0.25) is 22.3 Å². The number of aromatic nitrogens is 1. The Hall–Kier alpha value is -2.46. The molecule has 29 heavy (non-hydrogen) atoms. The summed E-state index contributed by atoms with van der Waals surface area (Å²) in [6, 6.07) is 9.15. The molecule has 152 valence electrons. The lowest BCUT2D eigenvalue weighted by Gasteiger charge is -2.25. The van der Waals surface area contributed by atoms with E-state index in [1.807, 2.05) is 0 Å². The molecule has 7 nitrogen and oxygen atoms in total. The average Bonchev–Trinajstić information content (AvgIpc) is 3.21. The first-order valence-corrected chi connectivity index (χ1v) is 10.5. The van der Waals surface area contributed by atoms with Crippen molar-refractivity contribution in [2.45, 2.75) is 23.7 Å². The number of H-pyrrole nitrogens is 1. The van der Waals surface area contributed by atoms with E-state index in [0.717, 1.165) is 9.21 Å². The van der Waals surface area contributed by atoms with Crippen LogP contribution in [0.1, 0.15) is 5.56 Å². The van der Waals surface area contributed by atoms with Crippen LogP contribution in [0.2, 0.25) is 5.02 Å². The second-order valence-electron chi connectivity index (χ2n) is 6.76. The van der Waals surface area contributed by atoms with Crippen LogP contribution in [0, 0.1) is 5.82 Å². The number of amides is 1. The molecule has 0 spiro atoms. The number of rotatable bonds is 4. The highest BCUT2D eigenvalue weighted by Gasteiger charge is 2.50. The zero-order valence-electron chi connectivity index (χ0n) is 15.2. The Balaban J connectivity index is 1.77. The van der Waals surface area contributed by atoms with Crippen molar-refractivity contribution < 1.29 is 22.7 Å². The van der Waals surface area contributed by atoms with E-state index >= 15 is 0 Å². The summed E-state index contributed by atoms with van der Waals surface area (Å²) >= 11 is 5.98. The van der Waals surface area contributed by atoms with E-state index in [1.54, 1.807) is 24.4 Å². The van der Waals surface area contributed by atoms with Crippen LogP contribution in [-0.2, 0) is 21.2 Å². The Morgan fingerprint density at radius 3 is 2.59 bits per heavy atom. The fourth-order valence-electron chi connectivity index (χ4n) is 3.55. The SMILES string of the molecule is CN1C(=O)[C@@H](Cc2c[nH]c3c(Cl)c(F)ccc23)N(S(=O)(=O)c2ccccc2)C1O. The summed E-state index contributed by atoms with van der Waals surface area (Å²) in [5, 5.41) is 11.0. The lowest BCUT2D eigenvalue weighted by atomic mass is 10.0. The average molecular weight is 438 g/mol. The maximum atomic E-state index is 13.7. The molecule has 1 aliphatic heterocycles. The molecule has 0 saturated carbocycles. The van der Waals surface area contributed by atoms with Crippen molar-refractivity contribution in [2.24, 2.45) is 0 Å². The maximum Gasteiger partial charge on any atom is 0.247 e. The van der Waals surface area contributed by atoms with Gasteiger partial charge in [-0.05, 0) is 29.8 Å². The lowest BCUT2D eigenvalue weighted by Crippen LogP contribution is -2.44. The van der Waals surface area contributed by atoms with Crippen molar-refractivity contribution in [3.63, 3.8) is 0 Å². The van der Waals surface area contributed by atoms with Crippen molar-refractivity contribution in [2.75, 3.05) is 7.05 Å². The van der Waals surface area contributed by atoms with Gasteiger partial charge in [-0.25, -0.2) is 12.8 Å². The van der Waals surface area contributed by atoms with Crippen molar-refractivity contribution in [3.8, 4) is 0 Å². The van der Waals surface area contributed by atoms with Crippen molar-refractivity contribution in [1.29, 1.82) is 0 Å². The van der Waals surface area contributed by atoms with E-state index < -0.39 is 34.1 Å². The molecule has 1 fully saturated rings. The van der Waals surface area contributed by atoms with Crippen LogP contribution >= 0.6 is 11.6 Å². The molecule has 2 atom stereocenters. The Kier molecular flexibility index (Phi) is 4.86. The van der Waals surface area contributed by atoms with Crippen LogP contribution in [-0.4, -0.2) is 53.1 Å². The number of carbonyl (C=O) groups excluding carboxylic acids is 1. The molecule has 1 unspecified atom stereocenters. The van der Waals surface area contributed by atoms with E-state index in [1.165, 1.54) is 31.3 Å². The molecule has 4 rings (SSSR count). The smallest absolute Gasteiger partial charge is 0.247 e. The van der Waals surface area contributed by atoms with E-state index in [0.29, 0.717) is 16.5 Å². The van der Waals surface area contributed by atoms with Gasteiger partial charge in [0.15, 0.2) is 0 Å². The van der Waals surface area contributed by atoms with Gasteiger partial charge >= 0.3 is 0 Å². The number of fused-ring (bicyclic) bond motifs is 1. The highest BCUT2D eigenvalue weighted by molar-refractivity contribution is 7.89. The van der Waals surface area contributed by atoms with Crippen LogP contribution < -0.4 is 0 Å². The zero-order valence-corrected chi connectivity index (χ0v) is 16.8. The minimum absolute atomic E-state index is 0.0196. The molecule has 1 amide bonds. The Morgan fingerprint density at radius 2 is 1.90 bits per heavy atom. The summed E-state index contributed by atoms with van der Waals surface area (Å²) in [5.74, 6) is -1.13. The van der Waals surface area contributed by atoms with Gasteiger partial charge < -0.3 is 15.0 Å². The largest absolute Gasteiger partial charge is 0.360 e. The summed E-state index contributed by atoms with van der Waals surface area (Å²) < 4.78 is 40.8. The van der Waals surface area contributed by atoms with Gasteiger partial charge in [-0.3, -0.25) is 4.79 Å². The van der Waals surface area contributed by atoms with Gasteiger partial charge in [-0.1, -0.05) is 29.8 Å². The molecule has 2 N–H and O–H groups in total. The number of aliphatic hydroxyl groups is 1.